The van der Waals surface area contributed by atoms with Gasteiger partial charge in [0.15, 0.2) is 0 Å². The van der Waals surface area contributed by atoms with E-state index in [1.807, 2.05) is 19.1 Å². The first kappa shape index (κ1) is 8.12. The van der Waals surface area contributed by atoms with Gasteiger partial charge in [-0.25, -0.2) is 0 Å². The van der Waals surface area contributed by atoms with E-state index < -0.39 is 0 Å². The number of hydrogen-bond donors (Lipinski definition) is 0. The molecule has 0 radical (unpaired) electrons. The zero-order chi connectivity index (χ0) is 8.10. The highest BCUT2D eigenvalue weighted by Gasteiger charge is 1.94. The SMILES string of the molecule is CCOC1=CC=C(C)CC=C1. The standard InChI is InChI=1S/C10H14O/c1-3-11-10-6-4-5-9(2)7-8-10/h4,6-8H,3,5H2,1-2H3. The van der Waals surface area contributed by atoms with E-state index in [9.17, 15) is 0 Å². The first-order valence-corrected chi connectivity index (χ1v) is 3.99. The van der Waals surface area contributed by atoms with Gasteiger partial charge >= 0.3 is 0 Å². The van der Waals surface area contributed by atoms with Crippen LogP contribution in [0.5, 0.6) is 0 Å². The van der Waals surface area contributed by atoms with Crippen LogP contribution in [0, 0.1) is 0 Å². The molecule has 11 heavy (non-hydrogen) atoms. The predicted octanol–water partition coefficient (Wildman–Crippen LogP) is 2.81. The molecule has 1 aliphatic carbocycles. The Morgan fingerprint density at radius 3 is 3.00 bits per heavy atom. The van der Waals surface area contributed by atoms with Crippen molar-refractivity contribution in [2.45, 2.75) is 20.3 Å². The fourth-order valence-electron chi connectivity index (χ4n) is 0.972. The van der Waals surface area contributed by atoms with Crippen molar-refractivity contribution in [1.82, 2.24) is 0 Å². The summed E-state index contributed by atoms with van der Waals surface area (Å²) in [6, 6.07) is 0. The largest absolute Gasteiger partial charge is 0.494 e. The van der Waals surface area contributed by atoms with Gasteiger partial charge in [0.2, 0.25) is 0 Å². The second kappa shape index (κ2) is 4.02. The topological polar surface area (TPSA) is 9.23 Å². The van der Waals surface area contributed by atoms with Crippen molar-refractivity contribution in [2.75, 3.05) is 6.61 Å². The highest BCUT2D eigenvalue weighted by molar-refractivity contribution is 5.26. The van der Waals surface area contributed by atoms with E-state index in [1.165, 1.54) is 5.57 Å². The number of allylic oxidation sites excluding steroid dienone is 5. The van der Waals surface area contributed by atoms with Crippen LogP contribution in [0.4, 0.5) is 0 Å². The van der Waals surface area contributed by atoms with Crippen LogP contribution < -0.4 is 0 Å². The molecule has 0 bridgehead atoms. The molecule has 0 spiro atoms. The molecular weight excluding hydrogens is 136 g/mol. The van der Waals surface area contributed by atoms with Crippen LogP contribution >= 0.6 is 0 Å². The summed E-state index contributed by atoms with van der Waals surface area (Å²) in [4.78, 5) is 0. The maximum atomic E-state index is 5.34. The van der Waals surface area contributed by atoms with Crippen LogP contribution in [0.15, 0.2) is 35.6 Å². The van der Waals surface area contributed by atoms with Crippen LogP contribution in [0.25, 0.3) is 0 Å². The number of ether oxygens (including phenoxy) is 1. The number of rotatable bonds is 2. The van der Waals surface area contributed by atoms with Crippen molar-refractivity contribution in [2.24, 2.45) is 0 Å². The fourth-order valence-corrected chi connectivity index (χ4v) is 0.972. The van der Waals surface area contributed by atoms with E-state index in [0.717, 1.165) is 18.8 Å². The van der Waals surface area contributed by atoms with E-state index in [1.54, 1.807) is 0 Å². The molecule has 0 unspecified atom stereocenters. The van der Waals surface area contributed by atoms with Gasteiger partial charge in [0.05, 0.1) is 6.61 Å². The molecule has 0 aromatic heterocycles. The van der Waals surface area contributed by atoms with Gasteiger partial charge in [-0.1, -0.05) is 17.7 Å². The minimum Gasteiger partial charge on any atom is -0.494 e. The van der Waals surface area contributed by atoms with Crippen LogP contribution in [-0.4, -0.2) is 6.61 Å². The molecule has 0 aromatic rings. The minimum absolute atomic E-state index is 0.739. The molecule has 0 atom stereocenters. The quantitative estimate of drug-likeness (QED) is 0.588. The van der Waals surface area contributed by atoms with Crippen LogP contribution in [0.3, 0.4) is 0 Å². The third kappa shape index (κ3) is 2.62. The first-order valence-electron chi connectivity index (χ1n) is 3.99. The Morgan fingerprint density at radius 1 is 1.45 bits per heavy atom. The van der Waals surface area contributed by atoms with Crippen molar-refractivity contribution in [3.63, 3.8) is 0 Å². The summed E-state index contributed by atoms with van der Waals surface area (Å²) in [5, 5.41) is 0. The van der Waals surface area contributed by atoms with Gasteiger partial charge in [0.25, 0.3) is 0 Å². The Kier molecular flexibility index (Phi) is 2.96. The predicted molar refractivity (Wildman–Crippen MR) is 47.2 cm³/mol. The maximum Gasteiger partial charge on any atom is 0.118 e. The smallest absolute Gasteiger partial charge is 0.118 e. The molecule has 1 aliphatic rings. The lowest BCUT2D eigenvalue weighted by molar-refractivity contribution is 0.242. The fraction of sp³-hybridized carbons (Fsp3) is 0.400. The van der Waals surface area contributed by atoms with Gasteiger partial charge in [0.1, 0.15) is 5.76 Å². The summed E-state index contributed by atoms with van der Waals surface area (Å²) >= 11 is 0. The maximum absolute atomic E-state index is 5.34. The van der Waals surface area contributed by atoms with Crippen LogP contribution in [-0.2, 0) is 4.74 Å². The molecule has 0 heterocycles. The number of hydrogen-bond acceptors (Lipinski definition) is 1. The lowest BCUT2D eigenvalue weighted by atomic mass is 10.2. The van der Waals surface area contributed by atoms with Crippen LogP contribution in [0.2, 0.25) is 0 Å². The molecule has 60 valence electrons. The molecular formula is C10H14O. The lowest BCUT2D eigenvalue weighted by Crippen LogP contribution is -1.86. The Balaban J connectivity index is 2.64. The monoisotopic (exact) mass is 150 g/mol. The minimum atomic E-state index is 0.739. The van der Waals surface area contributed by atoms with Gasteiger partial charge < -0.3 is 4.74 Å². The highest BCUT2D eigenvalue weighted by Crippen LogP contribution is 2.10. The van der Waals surface area contributed by atoms with Crippen molar-refractivity contribution in [1.29, 1.82) is 0 Å². The van der Waals surface area contributed by atoms with Gasteiger partial charge in [-0.15, -0.1) is 0 Å². The third-order valence-electron chi connectivity index (χ3n) is 1.57. The summed E-state index contributed by atoms with van der Waals surface area (Å²) in [7, 11) is 0. The van der Waals surface area contributed by atoms with E-state index in [2.05, 4.69) is 19.1 Å². The molecule has 0 saturated heterocycles. The van der Waals surface area contributed by atoms with Gasteiger partial charge in [-0.05, 0) is 32.4 Å². The molecule has 0 aromatic carbocycles. The zero-order valence-corrected chi connectivity index (χ0v) is 7.13. The van der Waals surface area contributed by atoms with E-state index in [0.29, 0.717) is 0 Å². The van der Waals surface area contributed by atoms with E-state index in [4.69, 9.17) is 4.74 Å². The van der Waals surface area contributed by atoms with Crippen molar-refractivity contribution in [3.05, 3.63) is 35.6 Å². The summed E-state index contributed by atoms with van der Waals surface area (Å²) < 4.78 is 5.34. The first-order chi connectivity index (χ1) is 5.33. The molecule has 1 nitrogen and oxygen atoms in total. The molecule has 1 heteroatoms. The Labute approximate surface area is 68.1 Å². The molecule has 0 aliphatic heterocycles. The molecule has 0 N–H and O–H groups in total. The second-order valence-electron chi connectivity index (χ2n) is 2.62. The van der Waals surface area contributed by atoms with Crippen LogP contribution in [0.1, 0.15) is 20.3 Å². The summed E-state index contributed by atoms with van der Waals surface area (Å²) in [6.07, 6.45) is 9.30. The zero-order valence-electron chi connectivity index (χ0n) is 7.13. The molecule has 1 rings (SSSR count). The summed E-state index contributed by atoms with van der Waals surface area (Å²) in [6.45, 7) is 4.86. The van der Waals surface area contributed by atoms with Gasteiger partial charge in [0, 0.05) is 0 Å². The third-order valence-corrected chi connectivity index (χ3v) is 1.57. The Hall–Kier alpha value is -0.980. The average Bonchev–Trinajstić information content (AvgIpc) is 2.17. The summed E-state index contributed by atoms with van der Waals surface area (Å²) in [5.41, 5.74) is 1.37. The molecule has 0 saturated carbocycles. The van der Waals surface area contributed by atoms with Crippen molar-refractivity contribution in [3.8, 4) is 0 Å². The average molecular weight is 150 g/mol. The lowest BCUT2D eigenvalue weighted by Gasteiger charge is -2.00. The normalized spacial score (nSPS) is 16.9. The van der Waals surface area contributed by atoms with Gasteiger partial charge in [-0.3, -0.25) is 0 Å². The van der Waals surface area contributed by atoms with Crippen molar-refractivity contribution >= 4 is 0 Å². The molecule has 0 amide bonds. The summed E-state index contributed by atoms with van der Waals surface area (Å²) in [5.74, 6) is 0.962. The highest BCUT2D eigenvalue weighted by atomic mass is 16.5. The van der Waals surface area contributed by atoms with E-state index in [-0.39, 0.29) is 0 Å². The Bertz CT molecular complexity index is 209. The molecule has 0 fully saturated rings. The van der Waals surface area contributed by atoms with Gasteiger partial charge in [-0.2, -0.15) is 0 Å². The van der Waals surface area contributed by atoms with Crippen molar-refractivity contribution < 1.29 is 4.74 Å². The Morgan fingerprint density at radius 2 is 2.27 bits per heavy atom. The van der Waals surface area contributed by atoms with E-state index >= 15 is 0 Å². The second-order valence-corrected chi connectivity index (χ2v) is 2.62.